The Morgan fingerprint density at radius 1 is 1.04 bits per heavy atom. The number of anilines is 1. The molecule has 1 unspecified atom stereocenters. The largest absolute Gasteiger partial charge is 0.768 e. The average molecular weight is 330 g/mol. The van der Waals surface area contributed by atoms with Gasteiger partial charge in [0.1, 0.15) is 0 Å². The van der Waals surface area contributed by atoms with E-state index in [4.69, 9.17) is 0 Å². The van der Waals surface area contributed by atoms with Crippen LogP contribution in [0.1, 0.15) is 43.7 Å². The lowest BCUT2D eigenvalue weighted by Crippen LogP contribution is -2.04. The summed E-state index contributed by atoms with van der Waals surface area (Å²) in [5, 5.41) is 3.39. The lowest BCUT2D eigenvalue weighted by atomic mass is 10.0. The zero-order valence-corrected chi connectivity index (χ0v) is 14.4. The van der Waals surface area contributed by atoms with E-state index >= 15 is 0 Å². The Morgan fingerprint density at radius 3 is 2.52 bits per heavy atom. The van der Waals surface area contributed by atoms with Crippen LogP contribution in [0.4, 0.5) is 5.69 Å². The Labute approximate surface area is 141 Å². The quantitative estimate of drug-likeness (QED) is 0.544. The van der Waals surface area contributed by atoms with Crippen molar-refractivity contribution in [2.45, 2.75) is 43.9 Å². The number of rotatable bonds is 9. The minimum atomic E-state index is -2.21. The molecular weight excluding hydrogens is 306 g/mol. The van der Waals surface area contributed by atoms with Crippen LogP contribution in [0.25, 0.3) is 0 Å². The number of hydrogen-bond donors (Lipinski definition) is 1. The molecule has 4 heteroatoms. The van der Waals surface area contributed by atoms with Gasteiger partial charge >= 0.3 is 0 Å². The highest BCUT2D eigenvalue weighted by molar-refractivity contribution is 7.79. The van der Waals surface area contributed by atoms with Gasteiger partial charge in [0.05, 0.1) is 0 Å². The molecule has 2 rings (SSSR count). The van der Waals surface area contributed by atoms with E-state index in [0.717, 1.165) is 29.8 Å². The van der Waals surface area contributed by atoms with Gasteiger partial charge in [0, 0.05) is 17.1 Å². The maximum absolute atomic E-state index is 11.4. The molecule has 124 valence electrons. The minimum Gasteiger partial charge on any atom is -0.768 e. The summed E-state index contributed by atoms with van der Waals surface area (Å²) in [7, 11) is 0. The molecule has 2 aromatic rings. The molecule has 0 fully saturated rings. The van der Waals surface area contributed by atoms with Crippen molar-refractivity contribution in [3.63, 3.8) is 0 Å². The van der Waals surface area contributed by atoms with Gasteiger partial charge in [-0.25, -0.2) is 0 Å². The van der Waals surface area contributed by atoms with Crippen molar-refractivity contribution < 1.29 is 8.76 Å². The normalized spacial score (nSPS) is 12.1. The number of unbranched alkanes of at least 4 members (excludes halogenated alkanes) is 3. The Balaban J connectivity index is 2.07. The van der Waals surface area contributed by atoms with Gasteiger partial charge in [-0.1, -0.05) is 56.5 Å². The Hall–Kier alpha value is -1.65. The molecule has 0 aliphatic carbocycles. The van der Waals surface area contributed by atoms with Crippen molar-refractivity contribution in [1.82, 2.24) is 0 Å². The van der Waals surface area contributed by atoms with Crippen LogP contribution in [-0.4, -0.2) is 15.3 Å². The van der Waals surface area contributed by atoms with Crippen LogP contribution >= 0.6 is 0 Å². The molecule has 0 bridgehead atoms. The summed E-state index contributed by atoms with van der Waals surface area (Å²) in [6, 6.07) is 15.4. The fraction of sp³-hybridized carbons (Fsp3) is 0.368. The van der Waals surface area contributed by atoms with E-state index in [-0.39, 0.29) is 0 Å². The van der Waals surface area contributed by atoms with E-state index < -0.39 is 11.1 Å². The Kier molecular flexibility index (Phi) is 7.30. The van der Waals surface area contributed by atoms with Crippen LogP contribution in [0.5, 0.6) is 0 Å². The Morgan fingerprint density at radius 2 is 1.83 bits per heavy atom. The molecule has 1 N–H and O–H groups in total. The first-order valence-corrected chi connectivity index (χ1v) is 9.28. The highest BCUT2D eigenvalue weighted by atomic mass is 32.2. The maximum Gasteiger partial charge on any atom is 0.0343 e. The first-order valence-electron chi connectivity index (χ1n) is 8.20. The van der Waals surface area contributed by atoms with Crippen molar-refractivity contribution in [3.8, 4) is 0 Å². The fourth-order valence-corrected chi connectivity index (χ4v) is 3.11. The summed E-state index contributed by atoms with van der Waals surface area (Å²) in [4.78, 5) is 0.380. The van der Waals surface area contributed by atoms with Crippen LogP contribution in [0.2, 0.25) is 0 Å². The van der Waals surface area contributed by atoms with Gasteiger partial charge in [0.25, 0.3) is 0 Å². The summed E-state index contributed by atoms with van der Waals surface area (Å²) >= 11 is -2.21. The summed E-state index contributed by atoms with van der Waals surface area (Å²) in [6.45, 7) is 3.12. The number of hydrogen-bond acceptors (Lipinski definition) is 3. The van der Waals surface area contributed by atoms with Crippen molar-refractivity contribution >= 4 is 16.8 Å². The molecule has 0 spiro atoms. The zero-order chi connectivity index (χ0) is 16.5. The lowest BCUT2D eigenvalue weighted by Gasteiger charge is -2.15. The molecule has 0 heterocycles. The molecule has 0 radical (unpaired) electrons. The van der Waals surface area contributed by atoms with Crippen LogP contribution in [0, 0.1) is 0 Å². The monoisotopic (exact) mass is 330 g/mol. The zero-order valence-electron chi connectivity index (χ0n) is 13.6. The van der Waals surface area contributed by atoms with Crippen LogP contribution in [0.15, 0.2) is 53.4 Å². The molecule has 1 atom stereocenters. The van der Waals surface area contributed by atoms with Gasteiger partial charge in [0.15, 0.2) is 0 Å². The Bertz CT molecular complexity index is 629. The van der Waals surface area contributed by atoms with Crippen molar-refractivity contribution in [3.05, 3.63) is 59.7 Å². The number of nitrogens with one attached hydrogen (secondary N) is 1. The topological polar surface area (TPSA) is 52.2 Å². The molecule has 0 amide bonds. The molecule has 0 aromatic heterocycles. The number of benzene rings is 2. The summed E-state index contributed by atoms with van der Waals surface area (Å²) < 4.78 is 22.9. The highest BCUT2D eigenvalue weighted by Gasteiger charge is 2.06. The van der Waals surface area contributed by atoms with E-state index in [1.165, 1.54) is 19.3 Å². The highest BCUT2D eigenvalue weighted by Crippen LogP contribution is 2.22. The smallest absolute Gasteiger partial charge is 0.0343 e. The van der Waals surface area contributed by atoms with Crippen LogP contribution in [-0.2, 0) is 17.5 Å². The van der Waals surface area contributed by atoms with E-state index in [0.29, 0.717) is 11.3 Å². The third-order valence-corrected chi connectivity index (χ3v) is 4.59. The van der Waals surface area contributed by atoms with Crippen LogP contribution in [0.3, 0.4) is 0 Å². The SMILES string of the molecule is CCCCCCNc1ccc(S(=O)[O-])c(Cc2ccccc2)c1. The molecule has 2 aromatic carbocycles. The van der Waals surface area contributed by atoms with Gasteiger partial charge < -0.3 is 9.87 Å². The third-order valence-electron chi connectivity index (χ3n) is 3.84. The van der Waals surface area contributed by atoms with Gasteiger partial charge in [0.2, 0.25) is 0 Å². The second-order valence-corrected chi connectivity index (χ2v) is 6.62. The van der Waals surface area contributed by atoms with E-state index in [1.807, 2.05) is 42.5 Å². The molecule has 23 heavy (non-hydrogen) atoms. The van der Waals surface area contributed by atoms with E-state index in [1.54, 1.807) is 6.07 Å². The first kappa shape index (κ1) is 17.7. The molecular formula is C19H24NO2S-. The molecule has 3 nitrogen and oxygen atoms in total. The standard InChI is InChI=1S/C19H25NO2S/c1-2-3-4-8-13-20-18-11-12-19(23(21)22)17(15-18)14-16-9-6-5-7-10-16/h5-7,9-12,15,20H,2-4,8,13-14H2,1H3,(H,21,22)/p-1. The lowest BCUT2D eigenvalue weighted by molar-refractivity contribution is 0.536. The third kappa shape index (κ3) is 5.81. The van der Waals surface area contributed by atoms with Gasteiger partial charge in [-0.2, -0.15) is 0 Å². The minimum absolute atomic E-state index is 0.380. The average Bonchev–Trinajstić information content (AvgIpc) is 2.55. The second-order valence-electron chi connectivity index (χ2n) is 5.71. The summed E-state index contributed by atoms with van der Waals surface area (Å²) in [5.74, 6) is 0. The molecule has 0 aliphatic rings. The van der Waals surface area contributed by atoms with Crippen molar-refractivity contribution in [1.29, 1.82) is 0 Å². The van der Waals surface area contributed by atoms with E-state index in [2.05, 4.69) is 12.2 Å². The molecule has 0 aliphatic heterocycles. The predicted molar refractivity (Wildman–Crippen MR) is 95.5 cm³/mol. The molecule has 0 saturated carbocycles. The fourth-order valence-electron chi connectivity index (χ4n) is 2.59. The summed E-state index contributed by atoms with van der Waals surface area (Å²) in [6.07, 6.45) is 5.47. The van der Waals surface area contributed by atoms with Gasteiger partial charge in [-0.15, -0.1) is 0 Å². The van der Waals surface area contributed by atoms with Gasteiger partial charge in [-0.3, -0.25) is 4.21 Å². The first-order chi connectivity index (χ1) is 11.2. The summed E-state index contributed by atoms with van der Waals surface area (Å²) in [5.41, 5.74) is 2.93. The van der Waals surface area contributed by atoms with Gasteiger partial charge in [-0.05, 0) is 53.2 Å². The van der Waals surface area contributed by atoms with E-state index in [9.17, 15) is 8.76 Å². The molecule has 0 saturated heterocycles. The predicted octanol–water partition coefficient (Wildman–Crippen LogP) is 4.51. The maximum atomic E-state index is 11.4. The van der Waals surface area contributed by atoms with Crippen molar-refractivity contribution in [2.75, 3.05) is 11.9 Å². The van der Waals surface area contributed by atoms with Crippen molar-refractivity contribution in [2.24, 2.45) is 0 Å². The second kappa shape index (κ2) is 9.48. The van der Waals surface area contributed by atoms with Crippen LogP contribution < -0.4 is 5.32 Å².